The second-order valence-corrected chi connectivity index (χ2v) is 5.44. The second-order valence-electron chi connectivity index (χ2n) is 4.52. The molecule has 1 aromatic carbocycles. The monoisotopic (exact) mass is 307 g/mol. The van der Waals surface area contributed by atoms with Gasteiger partial charge in [0.2, 0.25) is 18.6 Å². The predicted molar refractivity (Wildman–Crippen MR) is 75.3 cm³/mol. The van der Waals surface area contributed by atoms with E-state index in [9.17, 15) is 4.79 Å². The number of ether oxygens (including phenoxy) is 2. The quantitative estimate of drug-likeness (QED) is 0.795. The third-order valence-electron chi connectivity index (χ3n) is 2.84. The van der Waals surface area contributed by atoms with Gasteiger partial charge in [0, 0.05) is 19.7 Å². The second kappa shape index (κ2) is 5.65. The van der Waals surface area contributed by atoms with E-state index in [-0.39, 0.29) is 18.5 Å². The zero-order valence-corrected chi connectivity index (χ0v) is 12.3. The largest absolute Gasteiger partial charge is 0.454 e. The molecular weight excluding hydrogens is 294 g/mol. The van der Waals surface area contributed by atoms with E-state index in [1.807, 2.05) is 6.07 Å². The van der Waals surface area contributed by atoms with Crippen LogP contribution < -0.4 is 9.47 Å². The van der Waals surface area contributed by atoms with Crippen LogP contribution >= 0.6 is 11.8 Å². The van der Waals surface area contributed by atoms with Gasteiger partial charge in [-0.3, -0.25) is 4.79 Å². The topological polar surface area (TPSA) is 77.7 Å². The Morgan fingerprint density at radius 1 is 1.29 bits per heavy atom. The van der Waals surface area contributed by atoms with Crippen LogP contribution in [0.4, 0.5) is 0 Å². The lowest BCUT2D eigenvalue weighted by Gasteiger charge is -2.07. The molecule has 0 N–H and O–H groups in total. The van der Waals surface area contributed by atoms with Crippen LogP contribution in [0.3, 0.4) is 0 Å². The number of thioether (sulfide) groups is 1. The minimum Gasteiger partial charge on any atom is -0.454 e. The average Bonchev–Trinajstić information content (AvgIpc) is 3.12. The molecule has 2 aromatic rings. The minimum atomic E-state index is -0.0113. The van der Waals surface area contributed by atoms with Crippen LogP contribution in [-0.2, 0) is 4.79 Å². The van der Waals surface area contributed by atoms with Crippen molar-refractivity contribution in [2.24, 2.45) is 0 Å². The summed E-state index contributed by atoms with van der Waals surface area (Å²) in [4.78, 5) is 13.0. The molecule has 0 saturated heterocycles. The highest BCUT2D eigenvalue weighted by atomic mass is 32.2. The number of fused-ring (bicyclic) bond motifs is 1. The third kappa shape index (κ3) is 2.94. The molecule has 0 atom stereocenters. The minimum absolute atomic E-state index is 0.0113. The normalized spacial score (nSPS) is 12.5. The van der Waals surface area contributed by atoms with E-state index in [0.717, 1.165) is 5.56 Å². The summed E-state index contributed by atoms with van der Waals surface area (Å²) in [6.45, 7) is 0.219. The van der Waals surface area contributed by atoms with E-state index < -0.39 is 0 Å². The third-order valence-corrected chi connectivity index (χ3v) is 3.65. The number of carbonyl (C=O) groups excluding carboxylic acids is 1. The first-order chi connectivity index (χ1) is 10.1. The molecule has 21 heavy (non-hydrogen) atoms. The Bertz CT molecular complexity index is 671. The van der Waals surface area contributed by atoms with Gasteiger partial charge in [-0.2, -0.15) is 0 Å². The molecule has 0 radical (unpaired) electrons. The highest BCUT2D eigenvalue weighted by molar-refractivity contribution is 7.99. The van der Waals surface area contributed by atoms with E-state index >= 15 is 0 Å². The Labute approximate surface area is 125 Å². The average molecular weight is 307 g/mol. The Balaban J connectivity index is 1.71. The van der Waals surface area contributed by atoms with Gasteiger partial charge in [-0.15, -0.1) is 10.2 Å². The van der Waals surface area contributed by atoms with Crippen molar-refractivity contribution in [1.82, 2.24) is 15.1 Å². The molecule has 7 nitrogen and oxygen atoms in total. The number of aromatic nitrogens is 2. The van der Waals surface area contributed by atoms with Crippen LogP contribution in [0.15, 0.2) is 27.8 Å². The molecule has 0 bridgehead atoms. The van der Waals surface area contributed by atoms with Gasteiger partial charge >= 0.3 is 0 Å². The van der Waals surface area contributed by atoms with Gasteiger partial charge < -0.3 is 18.8 Å². The molecule has 2 heterocycles. The molecule has 0 fully saturated rings. The van der Waals surface area contributed by atoms with Crippen molar-refractivity contribution >= 4 is 17.7 Å². The fourth-order valence-corrected chi connectivity index (χ4v) is 2.41. The Hall–Kier alpha value is -2.22. The molecule has 1 aliphatic heterocycles. The van der Waals surface area contributed by atoms with Gasteiger partial charge in [0.25, 0.3) is 5.22 Å². The van der Waals surface area contributed by atoms with Gasteiger partial charge in [0.05, 0.1) is 5.75 Å². The molecule has 0 spiro atoms. The number of benzene rings is 1. The first kappa shape index (κ1) is 13.7. The molecule has 3 rings (SSSR count). The number of nitrogens with zero attached hydrogens (tertiary/aromatic N) is 3. The van der Waals surface area contributed by atoms with Gasteiger partial charge in [-0.25, -0.2) is 0 Å². The number of rotatable bonds is 4. The van der Waals surface area contributed by atoms with Gasteiger partial charge in [0.15, 0.2) is 11.5 Å². The first-order valence-electron chi connectivity index (χ1n) is 6.20. The van der Waals surface area contributed by atoms with Crippen LogP contribution in [-0.4, -0.2) is 47.6 Å². The molecule has 0 saturated carbocycles. The summed E-state index contributed by atoms with van der Waals surface area (Å²) >= 11 is 1.21. The summed E-state index contributed by atoms with van der Waals surface area (Å²) in [6, 6.07) is 5.40. The summed E-state index contributed by atoms with van der Waals surface area (Å²) in [5.41, 5.74) is 0.748. The Morgan fingerprint density at radius 2 is 2.10 bits per heavy atom. The van der Waals surface area contributed by atoms with Gasteiger partial charge in [-0.1, -0.05) is 11.8 Å². The van der Waals surface area contributed by atoms with Gasteiger partial charge in [-0.05, 0) is 18.2 Å². The summed E-state index contributed by atoms with van der Waals surface area (Å²) in [5, 5.41) is 8.26. The lowest BCUT2D eigenvalue weighted by molar-refractivity contribution is -0.125. The molecule has 1 amide bonds. The first-order valence-corrected chi connectivity index (χ1v) is 7.18. The Kier molecular flexibility index (Phi) is 3.70. The standard InChI is InChI=1S/C13H13N3O4S/c1-16(2)11(17)6-21-13-15-14-12(20-13)8-3-4-9-10(5-8)19-7-18-9/h3-5H,6-7H2,1-2H3. The number of hydrogen-bond donors (Lipinski definition) is 0. The zero-order chi connectivity index (χ0) is 14.8. The van der Waals surface area contributed by atoms with Crippen LogP contribution in [0.25, 0.3) is 11.5 Å². The summed E-state index contributed by atoms with van der Waals surface area (Å²) in [5.74, 6) is 1.98. The van der Waals surface area contributed by atoms with E-state index in [2.05, 4.69) is 10.2 Å². The molecule has 110 valence electrons. The van der Waals surface area contributed by atoms with Crippen molar-refractivity contribution in [3.63, 3.8) is 0 Å². The smallest absolute Gasteiger partial charge is 0.277 e. The number of amides is 1. The van der Waals surface area contributed by atoms with Crippen molar-refractivity contribution in [2.45, 2.75) is 5.22 Å². The molecule has 8 heteroatoms. The van der Waals surface area contributed by atoms with E-state index in [0.29, 0.717) is 22.6 Å². The molecule has 1 aliphatic rings. The molecule has 0 unspecified atom stereocenters. The fraction of sp³-hybridized carbons (Fsp3) is 0.308. The SMILES string of the molecule is CN(C)C(=O)CSc1nnc(-c2ccc3c(c2)OCO3)o1. The lowest BCUT2D eigenvalue weighted by atomic mass is 10.2. The van der Waals surface area contributed by atoms with E-state index in [1.54, 1.807) is 26.2 Å². The van der Waals surface area contributed by atoms with Crippen molar-refractivity contribution in [2.75, 3.05) is 26.6 Å². The number of hydrogen-bond acceptors (Lipinski definition) is 7. The van der Waals surface area contributed by atoms with E-state index in [4.69, 9.17) is 13.9 Å². The van der Waals surface area contributed by atoms with Crippen molar-refractivity contribution in [3.8, 4) is 23.0 Å². The summed E-state index contributed by atoms with van der Waals surface area (Å²) in [7, 11) is 3.41. The van der Waals surface area contributed by atoms with Crippen molar-refractivity contribution in [1.29, 1.82) is 0 Å². The van der Waals surface area contributed by atoms with Gasteiger partial charge in [0.1, 0.15) is 0 Å². The van der Waals surface area contributed by atoms with Crippen LogP contribution in [0.5, 0.6) is 11.5 Å². The van der Waals surface area contributed by atoms with Crippen molar-refractivity contribution < 1.29 is 18.7 Å². The van der Waals surface area contributed by atoms with Crippen LogP contribution in [0.2, 0.25) is 0 Å². The maximum absolute atomic E-state index is 11.5. The predicted octanol–water partition coefficient (Wildman–Crippen LogP) is 1.65. The lowest BCUT2D eigenvalue weighted by Crippen LogP contribution is -2.23. The zero-order valence-electron chi connectivity index (χ0n) is 11.5. The van der Waals surface area contributed by atoms with Crippen LogP contribution in [0.1, 0.15) is 0 Å². The summed E-state index contributed by atoms with van der Waals surface area (Å²) < 4.78 is 16.1. The van der Waals surface area contributed by atoms with E-state index in [1.165, 1.54) is 16.7 Å². The highest BCUT2D eigenvalue weighted by Crippen LogP contribution is 2.35. The molecular formula is C13H13N3O4S. The molecule has 1 aromatic heterocycles. The Morgan fingerprint density at radius 3 is 2.90 bits per heavy atom. The fourth-order valence-electron chi connectivity index (χ4n) is 1.67. The highest BCUT2D eigenvalue weighted by Gasteiger charge is 2.17. The number of carbonyl (C=O) groups is 1. The maximum atomic E-state index is 11.5. The van der Waals surface area contributed by atoms with Crippen LogP contribution in [0, 0.1) is 0 Å². The van der Waals surface area contributed by atoms with Crippen molar-refractivity contribution in [3.05, 3.63) is 18.2 Å². The summed E-state index contributed by atoms with van der Waals surface area (Å²) in [6.07, 6.45) is 0. The molecule has 0 aliphatic carbocycles. The maximum Gasteiger partial charge on any atom is 0.277 e.